The molecule has 2 atom stereocenters. The van der Waals surface area contributed by atoms with Crippen LogP contribution in [0.4, 0.5) is 0 Å². The number of sulfone groups is 1. The smallest absolute Gasteiger partial charge is 0.155 e. The summed E-state index contributed by atoms with van der Waals surface area (Å²) in [5.41, 5.74) is 7.98. The molecule has 0 saturated carbocycles. The van der Waals surface area contributed by atoms with Crippen LogP contribution in [-0.2, 0) is 9.84 Å². The van der Waals surface area contributed by atoms with Gasteiger partial charge in [0.2, 0.25) is 0 Å². The SMILES string of the molecule is Cc1ccncc1C(N)C1CCCCS1(=O)=O. The highest BCUT2D eigenvalue weighted by atomic mass is 32.2. The molecule has 2 heterocycles. The number of hydrogen-bond acceptors (Lipinski definition) is 4. The minimum atomic E-state index is -3.04. The highest BCUT2D eigenvalue weighted by Gasteiger charge is 2.34. The average molecular weight is 254 g/mol. The fourth-order valence-corrected chi connectivity index (χ4v) is 4.44. The summed E-state index contributed by atoms with van der Waals surface area (Å²) in [7, 11) is -3.04. The van der Waals surface area contributed by atoms with Gasteiger partial charge in [-0.3, -0.25) is 4.98 Å². The normalized spacial score (nSPS) is 25.4. The van der Waals surface area contributed by atoms with Gasteiger partial charge in [0.05, 0.1) is 11.0 Å². The van der Waals surface area contributed by atoms with E-state index < -0.39 is 21.1 Å². The number of rotatable bonds is 2. The van der Waals surface area contributed by atoms with E-state index in [1.807, 2.05) is 13.0 Å². The number of hydrogen-bond donors (Lipinski definition) is 1. The molecule has 5 heteroatoms. The van der Waals surface area contributed by atoms with Crippen LogP contribution in [0.15, 0.2) is 18.5 Å². The van der Waals surface area contributed by atoms with Gasteiger partial charge in [0.25, 0.3) is 0 Å². The fourth-order valence-electron chi connectivity index (χ4n) is 2.41. The molecule has 2 rings (SSSR count). The molecule has 1 aromatic rings. The first kappa shape index (κ1) is 12.5. The summed E-state index contributed by atoms with van der Waals surface area (Å²) in [6.07, 6.45) is 5.75. The largest absolute Gasteiger partial charge is 0.323 e. The van der Waals surface area contributed by atoms with Crippen LogP contribution in [0.25, 0.3) is 0 Å². The van der Waals surface area contributed by atoms with E-state index in [2.05, 4.69) is 4.98 Å². The summed E-state index contributed by atoms with van der Waals surface area (Å²) in [6, 6.07) is 1.42. The van der Waals surface area contributed by atoms with Crippen molar-refractivity contribution in [1.82, 2.24) is 4.98 Å². The van der Waals surface area contributed by atoms with Gasteiger partial charge in [0.1, 0.15) is 0 Å². The van der Waals surface area contributed by atoms with Crippen molar-refractivity contribution in [3.05, 3.63) is 29.6 Å². The quantitative estimate of drug-likeness (QED) is 0.864. The van der Waals surface area contributed by atoms with E-state index in [0.29, 0.717) is 6.42 Å². The highest BCUT2D eigenvalue weighted by molar-refractivity contribution is 7.92. The van der Waals surface area contributed by atoms with E-state index in [1.165, 1.54) is 0 Å². The molecular weight excluding hydrogens is 236 g/mol. The van der Waals surface area contributed by atoms with Gasteiger partial charge in [-0.15, -0.1) is 0 Å². The van der Waals surface area contributed by atoms with Crippen molar-refractivity contribution < 1.29 is 8.42 Å². The van der Waals surface area contributed by atoms with Crippen LogP contribution in [0.1, 0.15) is 36.4 Å². The Morgan fingerprint density at radius 1 is 1.47 bits per heavy atom. The molecule has 2 unspecified atom stereocenters. The van der Waals surface area contributed by atoms with E-state index in [0.717, 1.165) is 24.0 Å². The van der Waals surface area contributed by atoms with Gasteiger partial charge in [-0.05, 0) is 37.0 Å². The van der Waals surface area contributed by atoms with Crippen LogP contribution in [0.2, 0.25) is 0 Å². The first-order valence-electron chi connectivity index (χ1n) is 5.90. The standard InChI is InChI=1S/C12H18N2O2S/c1-9-5-6-14-8-10(9)12(13)11-4-2-3-7-17(11,15)16/h5-6,8,11-12H,2-4,7,13H2,1H3. The molecular formula is C12H18N2O2S. The molecule has 4 nitrogen and oxygen atoms in total. The van der Waals surface area contributed by atoms with Crippen molar-refractivity contribution in [2.75, 3.05) is 5.75 Å². The number of pyridine rings is 1. The third kappa shape index (κ3) is 2.50. The third-order valence-electron chi connectivity index (χ3n) is 3.47. The summed E-state index contributed by atoms with van der Waals surface area (Å²) in [6.45, 7) is 1.94. The maximum absolute atomic E-state index is 12.0. The van der Waals surface area contributed by atoms with Crippen molar-refractivity contribution in [2.45, 2.75) is 37.5 Å². The molecule has 1 aliphatic rings. The third-order valence-corrected chi connectivity index (χ3v) is 5.78. The zero-order valence-corrected chi connectivity index (χ0v) is 10.8. The molecule has 1 saturated heterocycles. The molecule has 1 fully saturated rings. The number of aromatic nitrogens is 1. The Bertz CT molecular complexity index is 499. The molecule has 0 spiro atoms. The van der Waals surface area contributed by atoms with Crippen LogP contribution in [-0.4, -0.2) is 24.4 Å². The number of aryl methyl sites for hydroxylation is 1. The second-order valence-corrected chi connectivity index (χ2v) is 7.00. The lowest BCUT2D eigenvalue weighted by Gasteiger charge is -2.28. The van der Waals surface area contributed by atoms with Gasteiger partial charge in [0.15, 0.2) is 9.84 Å². The van der Waals surface area contributed by atoms with Crippen molar-refractivity contribution in [3.63, 3.8) is 0 Å². The lowest BCUT2D eigenvalue weighted by Crippen LogP contribution is -2.38. The van der Waals surface area contributed by atoms with Crippen LogP contribution >= 0.6 is 0 Å². The molecule has 17 heavy (non-hydrogen) atoms. The van der Waals surface area contributed by atoms with Crippen LogP contribution in [0, 0.1) is 6.92 Å². The topological polar surface area (TPSA) is 73.0 Å². The van der Waals surface area contributed by atoms with Crippen molar-refractivity contribution in [2.24, 2.45) is 5.73 Å². The Kier molecular flexibility index (Phi) is 3.49. The van der Waals surface area contributed by atoms with Crippen LogP contribution in [0.3, 0.4) is 0 Å². The first-order chi connectivity index (χ1) is 8.02. The second-order valence-electron chi connectivity index (χ2n) is 4.66. The molecule has 1 aliphatic heterocycles. The average Bonchev–Trinajstić information content (AvgIpc) is 2.28. The molecule has 1 aromatic heterocycles. The minimum Gasteiger partial charge on any atom is -0.323 e. The van der Waals surface area contributed by atoms with Crippen LogP contribution in [0.5, 0.6) is 0 Å². The molecule has 0 aliphatic carbocycles. The van der Waals surface area contributed by atoms with Crippen molar-refractivity contribution >= 4 is 9.84 Å². The highest BCUT2D eigenvalue weighted by Crippen LogP contribution is 2.29. The summed E-state index contributed by atoms with van der Waals surface area (Å²) >= 11 is 0. The lowest BCUT2D eigenvalue weighted by atomic mass is 9.98. The van der Waals surface area contributed by atoms with Crippen molar-refractivity contribution in [3.8, 4) is 0 Å². The zero-order valence-electron chi connectivity index (χ0n) is 9.96. The predicted molar refractivity (Wildman–Crippen MR) is 67.3 cm³/mol. The molecule has 0 radical (unpaired) electrons. The van der Waals surface area contributed by atoms with E-state index in [1.54, 1.807) is 12.4 Å². The van der Waals surface area contributed by atoms with Gasteiger partial charge < -0.3 is 5.73 Å². The summed E-state index contributed by atoms with van der Waals surface area (Å²) in [5.74, 6) is 0.269. The summed E-state index contributed by atoms with van der Waals surface area (Å²) in [4.78, 5) is 4.03. The van der Waals surface area contributed by atoms with Gasteiger partial charge in [-0.2, -0.15) is 0 Å². The second kappa shape index (κ2) is 4.74. The first-order valence-corrected chi connectivity index (χ1v) is 7.61. The van der Waals surface area contributed by atoms with E-state index in [9.17, 15) is 8.42 Å². The van der Waals surface area contributed by atoms with Gasteiger partial charge in [0, 0.05) is 18.4 Å². The van der Waals surface area contributed by atoms with E-state index in [-0.39, 0.29) is 5.75 Å². The molecule has 0 amide bonds. The van der Waals surface area contributed by atoms with Gasteiger partial charge >= 0.3 is 0 Å². The Labute approximate surface area is 102 Å². The zero-order chi connectivity index (χ0) is 12.5. The van der Waals surface area contributed by atoms with E-state index >= 15 is 0 Å². The lowest BCUT2D eigenvalue weighted by molar-refractivity contribution is 0.503. The molecule has 94 valence electrons. The van der Waals surface area contributed by atoms with Crippen LogP contribution < -0.4 is 5.73 Å². The summed E-state index contributed by atoms with van der Waals surface area (Å²) in [5, 5.41) is -0.445. The Balaban J connectivity index is 2.31. The molecule has 0 bridgehead atoms. The van der Waals surface area contributed by atoms with Gasteiger partial charge in [-0.25, -0.2) is 8.42 Å². The molecule has 2 N–H and O–H groups in total. The molecule has 0 aromatic carbocycles. The maximum Gasteiger partial charge on any atom is 0.155 e. The Hall–Kier alpha value is -0.940. The predicted octanol–water partition coefficient (Wildman–Crippen LogP) is 1.36. The number of nitrogens with two attached hydrogens (primary N) is 1. The Morgan fingerprint density at radius 3 is 2.88 bits per heavy atom. The minimum absolute atomic E-state index is 0.269. The monoisotopic (exact) mass is 254 g/mol. The van der Waals surface area contributed by atoms with Gasteiger partial charge in [-0.1, -0.05) is 6.42 Å². The maximum atomic E-state index is 12.0. The van der Waals surface area contributed by atoms with Crippen molar-refractivity contribution in [1.29, 1.82) is 0 Å². The van der Waals surface area contributed by atoms with E-state index in [4.69, 9.17) is 5.73 Å². The Morgan fingerprint density at radius 2 is 2.24 bits per heavy atom. The fraction of sp³-hybridized carbons (Fsp3) is 0.583. The summed E-state index contributed by atoms with van der Waals surface area (Å²) < 4.78 is 24.0. The number of nitrogens with zero attached hydrogens (tertiary/aromatic N) is 1.